The Balaban J connectivity index is 2.34. The molecule has 5 heteroatoms. The fourth-order valence-electron chi connectivity index (χ4n) is 1.49. The summed E-state index contributed by atoms with van der Waals surface area (Å²) < 4.78 is 0. The third kappa shape index (κ3) is 4.78. The Kier molecular flexibility index (Phi) is 3.68. The predicted octanol–water partition coefficient (Wildman–Crippen LogP) is -0.667. The first-order valence-electron chi connectivity index (χ1n) is 5.17. The van der Waals surface area contributed by atoms with E-state index in [0.717, 1.165) is 6.54 Å². The van der Waals surface area contributed by atoms with Gasteiger partial charge in [-0.05, 0) is 20.8 Å². The second kappa shape index (κ2) is 4.61. The number of carbonyl (C=O) groups is 2. The Morgan fingerprint density at radius 3 is 2.73 bits per heavy atom. The third-order valence-electron chi connectivity index (χ3n) is 2.00. The molecule has 0 aliphatic carbocycles. The zero-order valence-corrected chi connectivity index (χ0v) is 9.59. The Hall–Kier alpha value is -1.10. The number of hydrogen-bond donors (Lipinski definition) is 2. The third-order valence-corrected chi connectivity index (χ3v) is 2.00. The van der Waals surface area contributed by atoms with Gasteiger partial charge >= 0.3 is 0 Å². The molecule has 0 aromatic heterocycles. The zero-order chi connectivity index (χ0) is 11.5. The first-order chi connectivity index (χ1) is 6.87. The predicted molar refractivity (Wildman–Crippen MR) is 57.3 cm³/mol. The van der Waals surface area contributed by atoms with Gasteiger partial charge in [-0.1, -0.05) is 0 Å². The van der Waals surface area contributed by atoms with Crippen LogP contribution in [0.3, 0.4) is 0 Å². The number of rotatable bonds is 2. The van der Waals surface area contributed by atoms with Crippen LogP contribution in [0.5, 0.6) is 0 Å². The molecular weight excluding hydrogens is 194 g/mol. The lowest BCUT2D eigenvalue weighted by Crippen LogP contribution is -2.52. The summed E-state index contributed by atoms with van der Waals surface area (Å²) in [7, 11) is 0. The Labute approximate surface area is 90.2 Å². The molecule has 1 aliphatic rings. The maximum Gasteiger partial charge on any atom is 0.234 e. The smallest absolute Gasteiger partial charge is 0.234 e. The highest BCUT2D eigenvalue weighted by atomic mass is 16.2. The van der Waals surface area contributed by atoms with Crippen LogP contribution in [-0.4, -0.2) is 48.4 Å². The molecule has 0 unspecified atom stereocenters. The van der Waals surface area contributed by atoms with Gasteiger partial charge in [-0.25, -0.2) is 0 Å². The Bertz CT molecular complexity index is 258. The zero-order valence-electron chi connectivity index (χ0n) is 9.59. The lowest BCUT2D eigenvalue weighted by molar-refractivity contribution is -0.127. The summed E-state index contributed by atoms with van der Waals surface area (Å²) in [5, 5.41) is 5.59. The van der Waals surface area contributed by atoms with Crippen LogP contribution in [0.25, 0.3) is 0 Å². The summed E-state index contributed by atoms with van der Waals surface area (Å²) in [5.74, 6) is -0.0398. The molecule has 0 saturated carbocycles. The van der Waals surface area contributed by atoms with E-state index in [0.29, 0.717) is 19.6 Å². The molecule has 2 amide bonds. The molecule has 0 spiro atoms. The van der Waals surface area contributed by atoms with Crippen molar-refractivity contribution in [3.63, 3.8) is 0 Å². The van der Waals surface area contributed by atoms with Gasteiger partial charge in [0, 0.05) is 18.6 Å². The standard InChI is InChI=1S/C10H19N3O2/c1-10(2,3)12-9(15)7-13-5-4-11-8(14)6-13/h4-7H2,1-3H3,(H,11,14)(H,12,15). The number of piperazine rings is 1. The van der Waals surface area contributed by atoms with E-state index < -0.39 is 0 Å². The largest absolute Gasteiger partial charge is 0.354 e. The van der Waals surface area contributed by atoms with Gasteiger partial charge in [-0.3, -0.25) is 14.5 Å². The average Bonchev–Trinajstić information content (AvgIpc) is 1.99. The van der Waals surface area contributed by atoms with Gasteiger partial charge in [0.1, 0.15) is 0 Å². The van der Waals surface area contributed by atoms with Crippen molar-refractivity contribution in [3.05, 3.63) is 0 Å². The molecule has 2 N–H and O–H groups in total. The van der Waals surface area contributed by atoms with Crippen LogP contribution < -0.4 is 10.6 Å². The number of amides is 2. The van der Waals surface area contributed by atoms with E-state index in [-0.39, 0.29) is 17.4 Å². The van der Waals surface area contributed by atoms with Crippen LogP contribution in [0, 0.1) is 0 Å². The van der Waals surface area contributed by atoms with E-state index in [1.807, 2.05) is 25.7 Å². The van der Waals surface area contributed by atoms with Crippen LogP contribution in [-0.2, 0) is 9.59 Å². The van der Waals surface area contributed by atoms with Gasteiger partial charge in [-0.15, -0.1) is 0 Å². The SMILES string of the molecule is CC(C)(C)NC(=O)CN1CCNC(=O)C1. The number of hydrogen-bond acceptors (Lipinski definition) is 3. The lowest BCUT2D eigenvalue weighted by atomic mass is 10.1. The van der Waals surface area contributed by atoms with Crippen LogP contribution in [0.15, 0.2) is 0 Å². The average molecular weight is 213 g/mol. The molecule has 86 valence electrons. The molecule has 1 heterocycles. The molecular formula is C10H19N3O2. The molecule has 0 aromatic carbocycles. The summed E-state index contributed by atoms with van der Waals surface area (Å²) in [6.45, 7) is 7.79. The molecule has 1 aliphatic heterocycles. The van der Waals surface area contributed by atoms with Crippen LogP contribution in [0.1, 0.15) is 20.8 Å². The Morgan fingerprint density at radius 2 is 2.20 bits per heavy atom. The number of nitrogens with one attached hydrogen (secondary N) is 2. The maximum atomic E-state index is 11.5. The van der Waals surface area contributed by atoms with Crippen molar-refractivity contribution in [1.82, 2.24) is 15.5 Å². The van der Waals surface area contributed by atoms with Crippen LogP contribution in [0.2, 0.25) is 0 Å². The van der Waals surface area contributed by atoms with Crippen molar-refractivity contribution in [2.45, 2.75) is 26.3 Å². The first kappa shape index (κ1) is 12.0. The molecule has 1 rings (SSSR count). The van der Waals surface area contributed by atoms with Crippen molar-refractivity contribution >= 4 is 11.8 Å². The van der Waals surface area contributed by atoms with Gasteiger partial charge in [0.25, 0.3) is 0 Å². The summed E-state index contributed by atoms with van der Waals surface area (Å²) >= 11 is 0. The molecule has 0 aromatic rings. The maximum absolute atomic E-state index is 11.5. The minimum absolute atomic E-state index is 0.00944. The minimum atomic E-state index is -0.213. The molecule has 5 nitrogen and oxygen atoms in total. The number of nitrogens with zero attached hydrogens (tertiary/aromatic N) is 1. The van der Waals surface area contributed by atoms with Crippen molar-refractivity contribution in [3.8, 4) is 0 Å². The van der Waals surface area contributed by atoms with E-state index >= 15 is 0 Å². The van der Waals surface area contributed by atoms with Crippen LogP contribution in [0.4, 0.5) is 0 Å². The summed E-state index contributed by atoms with van der Waals surface area (Å²) in [6, 6.07) is 0. The van der Waals surface area contributed by atoms with Gasteiger partial charge in [0.15, 0.2) is 0 Å². The van der Waals surface area contributed by atoms with E-state index in [2.05, 4.69) is 10.6 Å². The normalized spacial score (nSPS) is 18.5. The molecule has 1 saturated heterocycles. The summed E-state index contributed by atoms with van der Waals surface area (Å²) in [5.41, 5.74) is -0.213. The highest BCUT2D eigenvalue weighted by Gasteiger charge is 2.20. The fraction of sp³-hybridized carbons (Fsp3) is 0.800. The monoisotopic (exact) mass is 213 g/mol. The van der Waals surface area contributed by atoms with Crippen molar-refractivity contribution in [2.75, 3.05) is 26.2 Å². The van der Waals surface area contributed by atoms with Crippen LogP contribution >= 0.6 is 0 Å². The Morgan fingerprint density at radius 1 is 1.53 bits per heavy atom. The second-order valence-electron chi connectivity index (χ2n) is 4.86. The highest BCUT2D eigenvalue weighted by Crippen LogP contribution is 1.99. The molecule has 0 radical (unpaired) electrons. The second-order valence-corrected chi connectivity index (χ2v) is 4.86. The highest BCUT2D eigenvalue weighted by molar-refractivity contribution is 5.82. The molecule has 1 fully saturated rings. The minimum Gasteiger partial charge on any atom is -0.354 e. The van der Waals surface area contributed by atoms with E-state index in [1.165, 1.54) is 0 Å². The van der Waals surface area contributed by atoms with Gasteiger partial charge in [-0.2, -0.15) is 0 Å². The van der Waals surface area contributed by atoms with Gasteiger partial charge in [0.2, 0.25) is 11.8 Å². The van der Waals surface area contributed by atoms with E-state index in [1.54, 1.807) is 0 Å². The molecule has 0 atom stereocenters. The number of carbonyl (C=O) groups excluding carboxylic acids is 2. The fourth-order valence-corrected chi connectivity index (χ4v) is 1.49. The summed E-state index contributed by atoms with van der Waals surface area (Å²) in [4.78, 5) is 24.5. The van der Waals surface area contributed by atoms with E-state index in [4.69, 9.17) is 0 Å². The van der Waals surface area contributed by atoms with Gasteiger partial charge < -0.3 is 10.6 Å². The lowest BCUT2D eigenvalue weighted by Gasteiger charge is -2.28. The summed E-state index contributed by atoms with van der Waals surface area (Å²) in [6.07, 6.45) is 0. The molecule has 15 heavy (non-hydrogen) atoms. The first-order valence-corrected chi connectivity index (χ1v) is 5.17. The van der Waals surface area contributed by atoms with E-state index in [9.17, 15) is 9.59 Å². The molecule has 0 bridgehead atoms. The quantitative estimate of drug-likeness (QED) is 0.639. The van der Waals surface area contributed by atoms with Crippen molar-refractivity contribution < 1.29 is 9.59 Å². The van der Waals surface area contributed by atoms with Crippen molar-refractivity contribution in [2.24, 2.45) is 0 Å². The topological polar surface area (TPSA) is 61.4 Å². The van der Waals surface area contributed by atoms with Crippen molar-refractivity contribution in [1.29, 1.82) is 0 Å². The van der Waals surface area contributed by atoms with Gasteiger partial charge in [0.05, 0.1) is 13.1 Å².